The second-order valence-electron chi connectivity index (χ2n) is 7.90. The van der Waals surface area contributed by atoms with Gasteiger partial charge in [0.15, 0.2) is 0 Å². The van der Waals surface area contributed by atoms with Gasteiger partial charge >= 0.3 is 12.0 Å². The van der Waals surface area contributed by atoms with Crippen LogP contribution < -0.4 is 10.1 Å². The molecule has 0 spiro atoms. The number of nitrogens with zero attached hydrogens (tertiary/aromatic N) is 1. The lowest BCUT2D eigenvalue weighted by Gasteiger charge is -2.24. The minimum absolute atomic E-state index is 0.0802. The first-order valence-electron chi connectivity index (χ1n) is 10.5. The third kappa shape index (κ3) is 7.93. The molecular formula is C22H34N2O5. The zero-order valence-corrected chi connectivity index (χ0v) is 17.5. The lowest BCUT2D eigenvalue weighted by atomic mass is 10.1. The molecule has 7 heteroatoms. The van der Waals surface area contributed by atoms with Crippen LogP contribution in [0.1, 0.15) is 56.1 Å². The number of aliphatic carboxylic acids is 1. The Bertz CT molecular complexity index is 679. The number of ether oxygens (including phenoxy) is 1. The van der Waals surface area contributed by atoms with Crippen LogP contribution in [0.3, 0.4) is 0 Å². The first-order valence-corrected chi connectivity index (χ1v) is 10.5. The largest absolute Gasteiger partial charge is 0.491 e. The molecule has 1 fully saturated rings. The minimum Gasteiger partial charge on any atom is -0.491 e. The number of nitrogens with one attached hydrogen (secondary N) is 1. The number of aryl methyl sites for hydroxylation is 2. The van der Waals surface area contributed by atoms with E-state index >= 15 is 0 Å². The summed E-state index contributed by atoms with van der Waals surface area (Å²) in [5.41, 5.74) is 2.21. The first-order chi connectivity index (χ1) is 13.9. The molecule has 0 aliphatic carbocycles. The molecule has 2 unspecified atom stereocenters. The molecule has 162 valence electrons. The number of aliphatic hydroxyl groups excluding tert-OH is 1. The molecule has 29 heavy (non-hydrogen) atoms. The number of carbonyl (C=O) groups excluding carboxylic acids is 1. The van der Waals surface area contributed by atoms with Crippen molar-refractivity contribution in [1.82, 2.24) is 10.2 Å². The fourth-order valence-corrected chi connectivity index (χ4v) is 3.65. The van der Waals surface area contributed by atoms with Crippen LogP contribution in [0.2, 0.25) is 0 Å². The number of carbonyl (C=O) groups is 2. The van der Waals surface area contributed by atoms with Crippen molar-refractivity contribution in [3.05, 3.63) is 29.3 Å². The Morgan fingerprint density at radius 2 is 2.03 bits per heavy atom. The van der Waals surface area contributed by atoms with E-state index in [1.807, 2.05) is 32.0 Å². The average Bonchev–Trinajstić information content (AvgIpc) is 3.01. The summed E-state index contributed by atoms with van der Waals surface area (Å²) in [6.07, 6.45) is 4.47. The number of rotatable bonds is 13. The van der Waals surface area contributed by atoms with Crippen LogP contribution in [0.15, 0.2) is 18.2 Å². The van der Waals surface area contributed by atoms with Gasteiger partial charge < -0.3 is 25.2 Å². The Morgan fingerprint density at radius 1 is 1.28 bits per heavy atom. The van der Waals surface area contributed by atoms with Gasteiger partial charge in [-0.3, -0.25) is 4.79 Å². The molecule has 1 aliphatic rings. The maximum Gasteiger partial charge on any atom is 0.317 e. The van der Waals surface area contributed by atoms with Crippen molar-refractivity contribution >= 4 is 12.0 Å². The lowest BCUT2D eigenvalue weighted by Crippen LogP contribution is -2.37. The molecule has 0 radical (unpaired) electrons. The molecule has 7 nitrogen and oxygen atoms in total. The average molecular weight is 407 g/mol. The summed E-state index contributed by atoms with van der Waals surface area (Å²) in [5.74, 6) is 0.0242. The number of amides is 2. The van der Waals surface area contributed by atoms with E-state index in [0.29, 0.717) is 25.9 Å². The molecule has 3 N–H and O–H groups in total. The first kappa shape index (κ1) is 23.0. The van der Waals surface area contributed by atoms with Crippen molar-refractivity contribution in [3.63, 3.8) is 0 Å². The number of carboxylic acids is 1. The highest BCUT2D eigenvalue weighted by molar-refractivity contribution is 5.76. The quantitative estimate of drug-likeness (QED) is 0.437. The number of benzene rings is 1. The fourth-order valence-electron chi connectivity index (χ4n) is 3.65. The van der Waals surface area contributed by atoms with E-state index in [9.17, 15) is 14.7 Å². The second-order valence-corrected chi connectivity index (χ2v) is 7.90. The Kier molecular flexibility index (Phi) is 9.25. The van der Waals surface area contributed by atoms with Crippen LogP contribution in [-0.4, -0.2) is 59.0 Å². The van der Waals surface area contributed by atoms with E-state index in [1.54, 1.807) is 4.90 Å². The summed E-state index contributed by atoms with van der Waals surface area (Å²) < 4.78 is 5.73. The number of hydrogen-bond donors (Lipinski definition) is 3. The summed E-state index contributed by atoms with van der Waals surface area (Å²) >= 11 is 0. The van der Waals surface area contributed by atoms with Crippen molar-refractivity contribution in [2.45, 2.75) is 70.9 Å². The van der Waals surface area contributed by atoms with Crippen LogP contribution in [0.25, 0.3) is 0 Å². The van der Waals surface area contributed by atoms with E-state index in [2.05, 4.69) is 5.32 Å². The third-order valence-electron chi connectivity index (χ3n) is 5.33. The summed E-state index contributed by atoms with van der Waals surface area (Å²) in [7, 11) is 0. The molecular weight excluding hydrogens is 372 g/mol. The molecule has 1 saturated heterocycles. The Balaban J connectivity index is 1.68. The maximum absolute atomic E-state index is 12.1. The molecule has 1 aromatic rings. The predicted molar refractivity (Wildman–Crippen MR) is 111 cm³/mol. The highest BCUT2D eigenvalue weighted by Gasteiger charge is 2.30. The molecule has 2 amide bonds. The molecule has 0 aromatic heterocycles. The third-order valence-corrected chi connectivity index (χ3v) is 5.33. The number of urea groups is 1. The van der Waals surface area contributed by atoms with Gasteiger partial charge in [-0.05, 0) is 44.7 Å². The van der Waals surface area contributed by atoms with E-state index in [0.717, 1.165) is 37.0 Å². The van der Waals surface area contributed by atoms with Gasteiger partial charge in [0.05, 0.1) is 12.1 Å². The molecule has 2 rings (SSSR count). The Labute approximate surface area is 173 Å². The van der Waals surface area contributed by atoms with Gasteiger partial charge in [0.25, 0.3) is 0 Å². The summed E-state index contributed by atoms with van der Waals surface area (Å²) in [6, 6.07) is 5.99. The minimum atomic E-state index is -0.748. The molecule has 1 aromatic carbocycles. The highest BCUT2D eigenvalue weighted by atomic mass is 16.5. The van der Waals surface area contributed by atoms with E-state index in [-0.39, 0.29) is 25.1 Å². The SMILES string of the molecule is Cc1ccc(OCC(O)CCN2C(=O)NCC2CCCCCCC(=O)O)c(C)c1. The summed E-state index contributed by atoms with van der Waals surface area (Å²) in [4.78, 5) is 24.4. The van der Waals surface area contributed by atoms with Crippen molar-refractivity contribution in [2.75, 3.05) is 19.7 Å². The topological polar surface area (TPSA) is 99.1 Å². The smallest absolute Gasteiger partial charge is 0.317 e. The van der Waals surface area contributed by atoms with E-state index in [1.165, 1.54) is 5.56 Å². The summed E-state index contributed by atoms with van der Waals surface area (Å²) in [6.45, 7) is 5.33. The molecule has 0 bridgehead atoms. The predicted octanol–water partition coefficient (Wildman–Crippen LogP) is 3.25. The van der Waals surface area contributed by atoms with Gasteiger partial charge in [-0.25, -0.2) is 4.79 Å². The van der Waals surface area contributed by atoms with Crippen molar-refractivity contribution < 1.29 is 24.5 Å². The summed E-state index contributed by atoms with van der Waals surface area (Å²) in [5, 5.41) is 21.8. The second kappa shape index (κ2) is 11.7. The van der Waals surface area contributed by atoms with Gasteiger partial charge in [0.1, 0.15) is 12.4 Å². The molecule has 2 atom stereocenters. The number of hydrogen-bond acceptors (Lipinski definition) is 4. The Morgan fingerprint density at radius 3 is 2.76 bits per heavy atom. The molecule has 1 aliphatic heterocycles. The van der Waals surface area contributed by atoms with Crippen LogP contribution in [0, 0.1) is 13.8 Å². The van der Waals surface area contributed by atoms with E-state index < -0.39 is 12.1 Å². The van der Waals surface area contributed by atoms with Crippen LogP contribution >= 0.6 is 0 Å². The maximum atomic E-state index is 12.1. The fraction of sp³-hybridized carbons (Fsp3) is 0.636. The van der Waals surface area contributed by atoms with Crippen LogP contribution in [0.4, 0.5) is 4.79 Å². The monoisotopic (exact) mass is 406 g/mol. The molecule has 1 heterocycles. The molecule has 0 saturated carbocycles. The zero-order chi connectivity index (χ0) is 21.2. The van der Waals surface area contributed by atoms with Crippen LogP contribution in [0.5, 0.6) is 5.75 Å². The van der Waals surface area contributed by atoms with Gasteiger partial charge in [-0.2, -0.15) is 0 Å². The highest BCUT2D eigenvalue weighted by Crippen LogP contribution is 2.20. The van der Waals surface area contributed by atoms with Gasteiger partial charge in [0.2, 0.25) is 0 Å². The van der Waals surface area contributed by atoms with Crippen molar-refractivity contribution in [1.29, 1.82) is 0 Å². The van der Waals surface area contributed by atoms with Gasteiger partial charge in [-0.1, -0.05) is 37.0 Å². The zero-order valence-electron chi connectivity index (χ0n) is 17.5. The normalized spacial score (nSPS) is 17.3. The number of carboxylic acid groups (broad SMARTS) is 1. The van der Waals surface area contributed by atoms with Crippen molar-refractivity contribution in [2.24, 2.45) is 0 Å². The van der Waals surface area contributed by atoms with Crippen LogP contribution in [-0.2, 0) is 4.79 Å². The van der Waals surface area contributed by atoms with E-state index in [4.69, 9.17) is 9.84 Å². The van der Waals surface area contributed by atoms with Crippen molar-refractivity contribution in [3.8, 4) is 5.75 Å². The number of unbranched alkanes of at least 4 members (excludes halogenated alkanes) is 3. The number of aliphatic hydroxyl groups is 1. The van der Waals surface area contributed by atoms with Gasteiger partial charge in [-0.15, -0.1) is 0 Å². The van der Waals surface area contributed by atoms with Gasteiger partial charge in [0, 0.05) is 19.5 Å². The lowest BCUT2D eigenvalue weighted by molar-refractivity contribution is -0.137. The Hall–Kier alpha value is -2.28. The standard InChI is InChI=1S/C22H34N2O5/c1-16-9-10-20(17(2)13-16)29-15-19(25)11-12-24-18(14-23-22(24)28)7-5-3-4-6-8-21(26)27/h9-10,13,18-19,25H,3-8,11-12,14-15H2,1-2H3,(H,23,28)(H,26,27).